The highest BCUT2D eigenvalue weighted by molar-refractivity contribution is 7.10. The van der Waals surface area contributed by atoms with Crippen molar-refractivity contribution in [2.24, 2.45) is 0 Å². The van der Waals surface area contributed by atoms with E-state index in [1.807, 2.05) is 29.6 Å². The number of para-hydroxylation sites is 1. The fraction of sp³-hybridized carbons (Fsp3) is 0.0909. The molecule has 140 valence electrons. The Labute approximate surface area is 164 Å². The van der Waals surface area contributed by atoms with Gasteiger partial charge in [-0.3, -0.25) is 9.59 Å². The van der Waals surface area contributed by atoms with E-state index in [4.69, 9.17) is 13.9 Å². The second kappa shape index (κ2) is 7.70. The summed E-state index contributed by atoms with van der Waals surface area (Å²) in [5.74, 6) is 0.560. The zero-order valence-corrected chi connectivity index (χ0v) is 15.8. The van der Waals surface area contributed by atoms with Gasteiger partial charge in [0, 0.05) is 16.5 Å². The lowest BCUT2D eigenvalue weighted by Crippen LogP contribution is -2.11. The Hall–Kier alpha value is -3.38. The van der Waals surface area contributed by atoms with Crippen LogP contribution in [-0.4, -0.2) is 13.1 Å². The molecular weight excluding hydrogens is 376 g/mol. The van der Waals surface area contributed by atoms with E-state index in [-0.39, 0.29) is 17.8 Å². The Bertz CT molecular complexity index is 1190. The first-order valence-electron chi connectivity index (χ1n) is 8.58. The monoisotopic (exact) mass is 392 g/mol. The standard InChI is InChI=1S/C22H16O5S/c1-25-19-7-3-2-6-16(19)18-13-26-20-11-14(8-9-17(20)22(18)24)27-21(23)12-15-5-4-10-28-15/h2-11,13H,12H2,1H3. The van der Waals surface area contributed by atoms with Crippen molar-refractivity contribution < 1.29 is 18.7 Å². The van der Waals surface area contributed by atoms with Crippen LogP contribution in [0.5, 0.6) is 11.5 Å². The summed E-state index contributed by atoms with van der Waals surface area (Å²) in [4.78, 5) is 25.9. The van der Waals surface area contributed by atoms with Crippen molar-refractivity contribution in [1.29, 1.82) is 0 Å². The number of thiophene rings is 1. The van der Waals surface area contributed by atoms with E-state index in [1.165, 1.54) is 17.6 Å². The molecule has 0 radical (unpaired) electrons. The number of fused-ring (bicyclic) bond motifs is 1. The van der Waals surface area contributed by atoms with Crippen LogP contribution in [0.1, 0.15) is 4.88 Å². The van der Waals surface area contributed by atoms with Crippen LogP contribution in [0.25, 0.3) is 22.1 Å². The molecule has 4 rings (SSSR count). The third-order valence-electron chi connectivity index (χ3n) is 4.27. The average molecular weight is 392 g/mol. The Morgan fingerprint density at radius 2 is 1.93 bits per heavy atom. The molecule has 0 unspecified atom stereocenters. The number of carbonyl (C=O) groups is 1. The molecular formula is C22H16O5S. The Morgan fingerprint density at radius 1 is 1.07 bits per heavy atom. The molecule has 0 saturated heterocycles. The second-order valence-electron chi connectivity index (χ2n) is 6.07. The lowest BCUT2D eigenvalue weighted by molar-refractivity contribution is -0.133. The van der Waals surface area contributed by atoms with E-state index < -0.39 is 0 Å². The predicted octanol–water partition coefficient (Wildman–Crippen LogP) is 4.68. The summed E-state index contributed by atoms with van der Waals surface area (Å²) in [5, 5.41) is 2.31. The number of hydrogen-bond acceptors (Lipinski definition) is 6. The van der Waals surface area contributed by atoms with Crippen LogP contribution in [0.4, 0.5) is 0 Å². The van der Waals surface area contributed by atoms with Gasteiger partial charge in [-0.05, 0) is 29.6 Å². The first kappa shape index (κ1) is 18.0. The van der Waals surface area contributed by atoms with Gasteiger partial charge >= 0.3 is 5.97 Å². The first-order chi connectivity index (χ1) is 13.7. The molecule has 0 atom stereocenters. The summed E-state index contributed by atoms with van der Waals surface area (Å²) in [5.41, 5.74) is 1.24. The van der Waals surface area contributed by atoms with Gasteiger partial charge in [0.25, 0.3) is 0 Å². The van der Waals surface area contributed by atoms with E-state index in [0.29, 0.717) is 33.6 Å². The minimum atomic E-state index is -0.366. The molecule has 0 aliphatic carbocycles. The highest BCUT2D eigenvalue weighted by Gasteiger charge is 2.14. The molecule has 0 amide bonds. The molecule has 2 aromatic carbocycles. The summed E-state index contributed by atoms with van der Waals surface area (Å²) in [6, 6.07) is 15.8. The molecule has 0 aliphatic rings. The van der Waals surface area contributed by atoms with Crippen LogP contribution in [0, 0.1) is 0 Å². The van der Waals surface area contributed by atoms with Gasteiger partial charge in [0.2, 0.25) is 5.43 Å². The molecule has 4 aromatic rings. The number of benzene rings is 2. The van der Waals surface area contributed by atoms with Crippen molar-refractivity contribution in [3.05, 3.63) is 81.3 Å². The van der Waals surface area contributed by atoms with Crippen LogP contribution >= 0.6 is 11.3 Å². The van der Waals surface area contributed by atoms with E-state index in [0.717, 1.165) is 4.88 Å². The van der Waals surface area contributed by atoms with Crippen LogP contribution in [0.3, 0.4) is 0 Å². The number of carbonyl (C=O) groups excluding carboxylic acids is 1. The van der Waals surface area contributed by atoms with Gasteiger partial charge in [0.1, 0.15) is 23.3 Å². The number of ether oxygens (including phenoxy) is 2. The van der Waals surface area contributed by atoms with Crippen molar-refractivity contribution in [3.63, 3.8) is 0 Å². The molecule has 28 heavy (non-hydrogen) atoms. The van der Waals surface area contributed by atoms with E-state index in [9.17, 15) is 9.59 Å². The lowest BCUT2D eigenvalue weighted by Gasteiger charge is -2.09. The molecule has 2 aromatic heterocycles. The van der Waals surface area contributed by atoms with Gasteiger partial charge in [-0.2, -0.15) is 0 Å². The molecule has 2 heterocycles. The normalized spacial score (nSPS) is 10.8. The van der Waals surface area contributed by atoms with Gasteiger partial charge in [-0.15, -0.1) is 11.3 Å². The summed E-state index contributed by atoms with van der Waals surface area (Å²) in [7, 11) is 1.55. The number of methoxy groups -OCH3 is 1. The summed E-state index contributed by atoms with van der Waals surface area (Å²) >= 11 is 1.50. The van der Waals surface area contributed by atoms with Gasteiger partial charge in [0.05, 0.1) is 24.5 Å². The third-order valence-corrected chi connectivity index (χ3v) is 5.15. The molecule has 5 nitrogen and oxygen atoms in total. The zero-order chi connectivity index (χ0) is 19.5. The molecule has 0 saturated carbocycles. The maximum Gasteiger partial charge on any atom is 0.316 e. The van der Waals surface area contributed by atoms with Crippen molar-refractivity contribution in [3.8, 4) is 22.6 Å². The summed E-state index contributed by atoms with van der Waals surface area (Å²) in [6.45, 7) is 0. The van der Waals surface area contributed by atoms with Crippen LogP contribution in [0.2, 0.25) is 0 Å². The fourth-order valence-electron chi connectivity index (χ4n) is 2.95. The summed E-state index contributed by atoms with van der Waals surface area (Å²) in [6.07, 6.45) is 1.60. The van der Waals surface area contributed by atoms with Gasteiger partial charge < -0.3 is 13.9 Å². The van der Waals surface area contributed by atoms with Crippen molar-refractivity contribution >= 4 is 28.3 Å². The fourth-order valence-corrected chi connectivity index (χ4v) is 3.64. The van der Waals surface area contributed by atoms with Crippen LogP contribution in [0.15, 0.2) is 75.5 Å². The maximum atomic E-state index is 12.9. The van der Waals surface area contributed by atoms with Crippen molar-refractivity contribution in [1.82, 2.24) is 0 Å². The largest absolute Gasteiger partial charge is 0.496 e. The van der Waals surface area contributed by atoms with Crippen LogP contribution in [-0.2, 0) is 11.2 Å². The SMILES string of the molecule is COc1ccccc1-c1coc2cc(OC(=O)Cc3cccs3)ccc2c1=O. The van der Waals surface area contributed by atoms with E-state index in [2.05, 4.69) is 0 Å². The minimum Gasteiger partial charge on any atom is -0.496 e. The lowest BCUT2D eigenvalue weighted by atomic mass is 10.0. The second-order valence-corrected chi connectivity index (χ2v) is 7.10. The Morgan fingerprint density at radius 3 is 2.71 bits per heavy atom. The predicted molar refractivity (Wildman–Crippen MR) is 108 cm³/mol. The van der Waals surface area contributed by atoms with Gasteiger partial charge in [0.15, 0.2) is 0 Å². The molecule has 0 bridgehead atoms. The third kappa shape index (κ3) is 3.54. The topological polar surface area (TPSA) is 65.7 Å². The van der Waals surface area contributed by atoms with Crippen molar-refractivity contribution in [2.75, 3.05) is 7.11 Å². The van der Waals surface area contributed by atoms with Crippen LogP contribution < -0.4 is 14.9 Å². The average Bonchev–Trinajstić information content (AvgIpc) is 3.21. The maximum absolute atomic E-state index is 12.9. The molecule has 0 N–H and O–H groups in total. The van der Waals surface area contributed by atoms with E-state index >= 15 is 0 Å². The molecule has 0 fully saturated rings. The van der Waals surface area contributed by atoms with Crippen molar-refractivity contribution in [2.45, 2.75) is 6.42 Å². The molecule has 0 spiro atoms. The smallest absolute Gasteiger partial charge is 0.316 e. The Balaban J connectivity index is 1.65. The van der Waals surface area contributed by atoms with E-state index in [1.54, 1.807) is 37.4 Å². The number of hydrogen-bond donors (Lipinski definition) is 0. The molecule has 0 aliphatic heterocycles. The quantitative estimate of drug-likeness (QED) is 0.364. The molecule has 6 heteroatoms. The van der Waals surface area contributed by atoms with Gasteiger partial charge in [-0.25, -0.2) is 0 Å². The number of esters is 1. The van der Waals surface area contributed by atoms with Gasteiger partial charge in [-0.1, -0.05) is 24.3 Å². The first-order valence-corrected chi connectivity index (χ1v) is 9.45. The number of rotatable bonds is 5. The highest BCUT2D eigenvalue weighted by atomic mass is 32.1. The summed E-state index contributed by atoms with van der Waals surface area (Å²) < 4.78 is 16.4. The Kier molecular flexibility index (Phi) is 4.95. The highest BCUT2D eigenvalue weighted by Crippen LogP contribution is 2.29. The zero-order valence-electron chi connectivity index (χ0n) is 15.0. The minimum absolute atomic E-state index is 0.179.